The fourth-order valence-electron chi connectivity index (χ4n) is 2.95. The highest BCUT2D eigenvalue weighted by atomic mass is 35.5. The SMILES string of the molecule is COc1ccc(Cl)cc1NC1=N[C@@]2(N=C(N)N1)C(=O)Nc1ccccc12. The summed E-state index contributed by atoms with van der Waals surface area (Å²) < 4.78 is 5.32. The van der Waals surface area contributed by atoms with Crippen LogP contribution in [0, 0.1) is 0 Å². The second kappa shape index (κ2) is 5.92. The first-order valence-electron chi connectivity index (χ1n) is 7.75. The first-order valence-corrected chi connectivity index (χ1v) is 8.13. The second-order valence-corrected chi connectivity index (χ2v) is 6.16. The first kappa shape index (κ1) is 16.2. The predicted molar refractivity (Wildman–Crippen MR) is 101 cm³/mol. The van der Waals surface area contributed by atoms with Gasteiger partial charge in [0, 0.05) is 16.3 Å². The molecule has 0 saturated heterocycles. The van der Waals surface area contributed by atoms with Gasteiger partial charge in [-0.2, -0.15) is 0 Å². The van der Waals surface area contributed by atoms with Crippen LogP contribution in [0.1, 0.15) is 5.56 Å². The highest BCUT2D eigenvalue weighted by Crippen LogP contribution is 2.41. The predicted octanol–water partition coefficient (Wildman–Crippen LogP) is 1.84. The number of nitrogens with two attached hydrogens (primary N) is 1. The Bertz CT molecular complexity index is 973. The van der Waals surface area contributed by atoms with E-state index in [0.29, 0.717) is 27.7 Å². The lowest BCUT2D eigenvalue weighted by atomic mass is 10.0. The van der Waals surface area contributed by atoms with E-state index in [1.807, 2.05) is 12.1 Å². The monoisotopic (exact) mass is 370 g/mol. The maximum atomic E-state index is 12.6. The van der Waals surface area contributed by atoms with Crippen LogP contribution >= 0.6 is 11.6 Å². The number of methoxy groups -OCH3 is 1. The third-order valence-electron chi connectivity index (χ3n) is 4.08. The minimum atomic E-state index is -1.47. The summed E-state index contributed by atoms with van der Waals surface area (Å²) in [5.41, 5.74) is 6.32. The van der Waals surface area contributed by atoms with Crippen molar-refractivity contribution in [3.8, 4) is 5.75 Å². The molecule has 9 heteroatoms. The average molecular weight is 371 g/mol. The average Bonchev–Trinajstić information content (AvgIpc) is 2.86. The van der Waals surface area contributed by atoms with Gasteiger partial charge in [-0.1, -0.05) is 29.8 Å². The Labute approximate surface area is 154 Å². The number of fused-ring (bicyclic) bond motifs is 2. The number of aliphatic imine (C=N–C) groups is 2. The summed E-state index contributed by atoms with van der Waals surface area (Å²) in [7, 11) is 1.54. The summed E-state index contributed by atoms with van der Waals surface area (Å²) in [5.74, 6) is 0.506. The van der Waals surface area contributed by atoms with Crippen molar-refractivity contribution in [1.82, 2.24) is 5.32 Å². The Morgan fingerprint density at radius 1 is 1.19 bits per heavy atom. The Kier molecular flexibility index (Phi) is 3.69. The lowest BCUT2D eigenvalue weighted by Crippen LogP contribution is -2.49. The molecule has 1 amide bonds. The molecule has 0 fully saturated rings. The van der Waals surface area contributed by atoms with Crippen LogP contribution in [0.2, 0.25) is 5.02 Å². The van der Waals surface area contributed by atoms with Gasteiger partial charge in [0.2, 0.25) is 5.96 Å². The maximum absolute atomic E-state index is 12.6. The summed E-state index contributed by atoms with van der Waals surface area (Å²) in [5, 5.41) is 9.19. The number of carbonyl (C=O) groups excluding carboxylic acids is 1. The molecule has 0 bridgehead atoms. The number of hydrogen-bond donors (Lipinski definition) is 4. The molecule has 0 aliphatic carbocycles. The first-order chi connectivity index (χ1) is 12.5. The smallest absolute Gasteiger partial charge is 0.280 e. The number of nitrogens with zero attached hydrogens (tertiary/aromatic N) is 2. The molecule has 2 aromatic rings. The number of carbonyl (C=O) groups is 1. The van der Waals surface area contributed by atoms with E-state index in [9.17, 15) is 4.79 Å². The van der Waals surface area contributed by atoms with Gasteiger partial charge in [-0.15, -0.1) is 0 Å². The zero-order valence-corrected chi connectivity index (χ0v) is 14.5. The lowest BCUT2D eigenvalue weighted by Gasteiger charge is -2.26. The van der Waals surface area contributed by atoms with E-state index in [4.69, 9.17) is 22.1 Å². The molecule has 0 saturated carbocycles. The third-order valence-corrected chi connectivity index (χ3v) is 4.32. The number of amides is 1. The Balaban J connectivity index is 1.78. The number of nitrogens with one attached hydrogen (secondary N) is 3. The molecule has 2 aliphatic rings. The van der Waals surface area contributed by atoms with Crippen molar-refractivity contribution in [2.45, 2.75) is 5.66 Å². The molecule has 2 aromatic carbocycles. The summed E-state index contributed by atoms with van der Waals surface area (Å²) in [6.45, 7) is 0. The fourth-order valence-corrected chi connectivity index (χ4v) is 3.12. The quantitative estimate of drug-likeness (QED) is 0.644. The molecule has 2 heterocycles. The van der Waals surface area contributed by atoms with Crippen molar-refractivity contribution in [2.24, 2.45) is 15.7 Å². The molecular formula is C17H15ClN6O2. The molecule has 0 aromatic heterocycles. The van der Waals surface area contributed by atoms with E-state index in [2.05, 4.69) is 25.9 Å². The van der Waals surface area contributed by atoms with Crippen molar-refractivity contribution in [3.63, 3.8) is 0 Å². The van der Waals surface area contributed by atoms with E-state index in [1.54, 1.807) is 37.4 Å². The molecule has 5 N–H and O–H groups in total. The van der Waals surface area contributed by atoms with Gasteiger partial charge in [-0.25, -0.2) is 9.98 Å². The van der Waals surface area contributed by atoms with Gasteiger partial charge in [0.15, 0.2) is 5.96 Å². The topological polar surface area (TPSA) is 113 Å². The Morgan fingerprint density at radius 3 is 2.81 bits per heavy atom. The highest BCUT2D eigenvalue weighted by molar-refractivity contribution is 6.31. The maximum Gasteiger partial charge on any atom is 0.280 e. The zero-order valence-electron chi connectivity index (χ0n) is 13.7. The largest absolute Gasteiger partial charge is 0.495 e. The number of halogens is 1. The van der Waals surface area contributed by atoms with Gasteiger partial charge in [-0.3, -0.25) is 10.1 Å². The van der Waals surface area contributed by atoms with Crippen LogP contribution in [0.3, 0.4) is 0 Å². The van der Waals surface area contributed by atoms with Crippen molar-refractivity contribution < 1.29 is 9.53 Å². The fraction of sp³-hybridized carbons (Fsp3) is 0.118. The van der Waals surface area contributed by atoms with Crippen molar-refractivity contribution in [1.29, 1.82) is 0 Å². The van der Waals surface area contributed by atoms with Gasteiger partial charge >= 0.3 is 0 Å². The molecule has 4 rings (SSSR count). The van der Waals surface area contributed by atoms with E-state index in [1.165, 1.54) is 0 Å². The zero-order chi connectivity index (χ0) is 18.3. The van der Waals surface area contributed by atoms with Crippen molar-refractivity contribution in [2.75, 3.05) is 17.7 Å². The minimum Gasteiger partial charge on any atom is -0.495 e. The lowest BCUT2D eigenvalue weighted by molar-refractivity contribution is -0.120. The van der Waals surface area contributed by atoms with Crippen LogP contribution in [0.15, 0.2) is 52.4 Å². The van der Waals surface area contributed by atoms with Crippen LogP contribution in [0.4, 0.5) is 11.4 Å². The number of guanidine groups is 2. The molecule has 0 radical (unpaired) electrons. The van der Waals surface area contributed by atoms with Gasteiger partial charge in [0.1, 0.15) is 5.75 Å². The van der Waals surface area contributed by atoms with Crippen LogP contribution in [-0.4, -0.2) is 24.9 Å². The van der Waals surface area contributed by atoms with Crippen LogP contribution in [0.5, 0.6) is 5.75 Å². The number of benzene rings is 2. The van der Waals surface area contributed by atoms with Gasteiger partial charge < -0.3 is 21.1 Å². The van der Waals surface area contributed by atoms with Gasteiger partial charge in [0.05, 0.1) is 12.8 Å². The van der Waals surface area contributed by atoms with E-state index >= 15 is 0 Å². The number of para-hydroxylation sites is 1. The minimum absolute atomic E-state index is 0.0651. The van der Waals surface area contributed by atoms with Crippen molar-refractivity contribution in [3.05, 3.63) is 53.1 Å². The Morgan fingerprint density at radius 2 is 2.00 bits per heavy atom. The van der Waals surface area contributed by atoms with E-state index < -0.39 is 5.66 Å². The van der Waals surface area contributed by atoms with E-state index in [0.717, 1.165) is 0 Å². The Hall–Kier alpha value is -3.26. The van der Waals surface area contributed by atoms with Crippen LogP contribution in [0.25, 0.3) is 0 Å². The standard InChI is InChI=1S/C17H15ClN6O2/c1-26-13-7-6-9(18)8-12(13)21-16-22-15(19)23-17(24-16)10-4-2-3-5-11(10)20-14(17)25/h2-8H,1H3,(H,20,25)(H4,19,21,22,23,24)/t17-/m1/s1. The summed E-state index contributed by atoms with van der Waals surface area (Å²) >= 11 is 6.06. The number of hydrogen-bond acceptors (Lipinski definition) is 7. The molecule has 2 aliphatic heterocycles. The molecule has 132 valence electrons. The van der Waals surface area contributed by atoms with Gasteiger partial charge in [0.25, 0.3) is 11.6 Å². The van der Waals surface area contributed by atoms with E-state index in [-0.39, 0.29) is 17.8 Å². The molecule has 0 unspecified atom stereocenters. The molecule has 1 atom stereocenters. The second-order valence-electron chi connectivity index (χ2n) is 5.72. The van der Waals surface area contributed by atoms with Crippen LogP contribution in [-0.2, 0) is 10.5 Å². The van der Waals surface area contributed by atoms with Crippen molar-refractivity contribution >= 4 is 40.8 Å². The van der Waals surface area contributed by atoms with Crippen LogP contribution < -0.4 is 26.4 Å². The highest BCUT2D eigenvalue weighted by Gasteiger charge is 2.49. The molecule has 8 nitrogen and oxygen atoms in total. The molecule has 1 spiro atoms. The molecule has 26 heavy (non-hydrogen) atoms. The molecular weight excluding hydrogens is 356 g/mol. The number of rotatable bonds is 2. The third kappa shape index (κ3) is 2.51. The summed E-state index contributed by atoms with van der Waals surface area (Å²) in [6.07, 6.45) is 0. The van der Waals surface area contributed by atoms with Gasteiger partial charge in [-0.05, 0) is 24.3 Å². The number of anilines is 2. The normalized spacial score (nSPS) is 20.6. The number of ether oxygens (including phenoxy) is 1. The summed E-state index contributed by atoms with van der Waals surface area (Å²) in [6, 6.07) is 12.3. The summed E-state index contributed by atoms with van der Waals surface area (Å²) in [4.78, 5) is 21.4.